The number of aromatic hydroxyl groups is 2. The Kier molecular flexibility index (Phi) is 2.03. The van der Waals surface area contributed by atoms with Crippen molar-refractivity contribution in [3.8, 4) is 23.3 Å². The highest BCUT2D eigenvalue weighted by atomic mass is 16.3. The minimum absolute atomic E-state index is 0.0946. The van der Waals surface area contributed by atoms with Gasteiger partial charge in [-0.05, 0) is 25.1 Å². The monoisotopic (exact) mass is 148 g/mol. The van der Waals surface area contributed by atoms with Crippen LogP contribution in [0.3, 0.4) is 0 Å². The van der Waals surface area contributed by atoms with Gasteiger partial charge in [-0.2, -0.15) is 0 Å². The molecule has 1 rings (SSSR count). The van der Waals surface area contributed by atoms with Gasteiger partial charge in [-0.3, -0.25) is 0 Å². The van der Waals surface area contributed by atoms with Gasteiger partial charge in [-0.1, -0.05) is 5.92 Å². The number of phenols is 2. The maximum atomic E-state index is 9.15. The maximum Gasteiger partial charge on any atom is 0.131 e. The van der Waals surface area contributed by atoms with Crippen molar-refractivity contribution >= 4 is 0 Å². The summed E-state index contributed by atoms with van der Waals surface area (Å²) in [6, 6.07) is 4.25. The molecule has 0 saturated heterocycles. The van der Waals surface area contributed by atoms with E-state index < -0.39 is 0 Å². The first kappa shape index (κ1) is 7.49. The first-order valence-electron chi connectivity index (χ1n) is 3.19. The van der Waals surface area contributed by atoms with Crippen molar-refractivity contribution in [1.82, 2.24) is 0 Å². The lowest BCUT2D eigenvalue weighted by Crippen LogP contribution is -1.75. The highest BCUT2D eigenvalue weighted by molar-refractivity contribution is 5.48. The largest absolute Gasteiger partial charge is 0.508 e. The molecule has 2 N–H and O–H groups in total. The molecule has 1 aromatic rings. The zero-order valence-electron chi connectivity index (χ0n) is 6.13. The van der Waals surface area contributed by atoms with Crippen LogP contribution in [0, 0.1) is 11.8 Å². The average molecular weight is 148 g/mol. The quantitative estimate of drug-likeness (QED) is 0.432. The predicted molar refractivity (Wildman–Crippen MR) is 42.3 cm³/mol. The summed E-state index contributed by atoms with van der Waals surface area (Å²) in [5.41, 5.74) is 0.451. The molecule has 0 radical (unpaired) electrons. The Morgan fingerprint density at radius 2 is 2.00 bits per heavy atom. The molecule has 0 aromatic heterocycles. The van der Waals surface area contributed by atoms with E-state index in [0.717, 1.165) is 0 Å². The van der Waals surface area contributed by atoms with Gasteiger partial charge < -0.3 is 10.2 Å². The van der Waals surface area contributed by atoms with E-state index in [0.29, 0.717) is 5.56 Å². The van der Waals surface area contributed by atoms with Crippen molar-refractivity contribution in [3.63, 3.8) is 0 Å². The van der Waals surface area contributed by atoms with Crippen molar-refractivity contribution in [1.29, 1.82) is 0 Å². The normalized spacial score (nSPS) is 8.45. The van der Waals surface area contributed by atoms with Crippen LogP contribution in [0.2, 0.25) is 0 Å². The third-order valence-corrected chi connectivity index (χ3v) is 1.24. The summed E-state index contributed by atoms with van der Waals surface area (Å²) in [4.78, 5) is 0. The van der Waals surface area contributed by atoms with Crippen molar-refractivity contribution in [2.75, 3.05) is 0 Å². The second-order valence-corrected chi connectivity index (χ2v) is 2.08. The standard InChI is InChI=1S/C9H8O2/c1-2-3-7-6-8(10)4-5-9(7)11/h4-6,10-11H,1H3. The average Bonchev–Trinajstić information content (AvgIpc) is 1.98. The molecule has 56 valence electrons. The predicted octanol–water partition coefficient (Wildman–Crippen LogP) is 1.47. The van der Waals surface area contributed by atoms with Crippen molar-refractivity contribution in [3.05, 3.63) is 23.8 Å². The summed E-state index contributed by atoms with van der Waals surface area (Å²) in [5, 5.41) is 18.1. The Labute approximate surface area is 65.1 Å². The molecule has 0 amide bonds. The fraction of sp³-hybridized carbons (Fsp3) is 0.111. The van der Waals surface area contributed by atoms with Crippen molar-refractivity contribution in [2.45, 2.75) is 6.92 Å². The molecule has 0 aliphatic heterocycles. The molecule has 2 heteroatoms. The van der Waals surface area contributed by atoms with Crippen LogP contribution in [-0.2, 0) is 0 Å². The topological polar surface area (TPSA) is 40.5 Å². The van der Waals surface area contributed by atoms with Crippen molar-refractivity contribution in [2.24, 2.45) is 0 Å². The second-order valence-electron chi connectivity index (χ2n) is 2.08. The Hall–Kier alpha value is -1.62. The lowest BCUT2D eigenvalue weighted by atomic mass is 10.2. The summed E-state index contributed by atoms with van der Waals surface area (Å²) >= 11 is 0. The van der Waals surface area contributed by atoms with Crippen LogP contribution in [0.25, 0.3) is 0 Å². The van der Waals surface area contributed by atoms with Crippen LogP contribution in [0.4, 0.5) is 0 Å². The summed E-state index contributed by atoms with van der Waals surface area (Å²) in [7, 11) is 0. The zero-order chi connectivity index (χ0) is 8.27. The fourth-order valence-electron chi connectivity index (χ4n) is 0.759. The fourth-order valence-corrected chi connectivity index (χ4v) is 0.759. The van der Waals surface area contributed by atoms with Crippen LogP contribution >= 0.6 is 0 Å². The van der Waals surface area contributed by atoms with E-state index in [4.69, 9.17) is 10.2 Å². The summed E-state index contributed by atoms with van der Waals surface area (Å²) in [6.07, 6.45) is 0. The van der Waals surface area contributed by atoms with Crippen LogP contribution < -0.4 is 0 Å². The Morgan fingerprint density at radius 3 is 2.64 bits per heavy atom. The van der Waals surface area contributed by atoms with Gasteiger partial charge >= 0.3 is 0 Å². The van der Waals surface area contributed by atoms with Gasteiger partial charge in [-0.25, -0.2) is 0 Å². The van der Waals surface area contributed by atoms with Crippen LogP contribution in [0.15, 0.2) is 18.2 Å². The Bertz CT molecular complexity index is 318. The SMILES string of the molecule is CC#Cc1cc(O)ccc1O. The van der Waals surface area contributed by atoms with E-state index in [1.807, 2.05) is 0 Å². The molecule has 0 aliphatic rings. The Balaban J connectivity index is 3.19. The number of hydrogen-bond donors (Lipinski definition) is 2. The molecule has 11 heavy (non-hydrogen) atoms. The molecule has 0 spiro atoms. The third-order valence-electron chi connectivity index (χ3n) is 1.24. The van der Waals surface area contributed by atoms with E-state index in [1.165, 1.54) is 18.2 Å². The van der Waals surface area contributed by atoms with E-state index in [1.54, 1.807) is 6.92 Å². The minimum atomic E-state index is 0.0946. The molecule has 0 unspecified atom stereocenters. The molecule has 1 aromatic carbocycles. The van der Waals surface area contributed by atoms with Gasteiger partial charge in [0.05, 0.1) is 5.56 Å². The molecular weight excluding hydrogens is 140 g/mol. The number of hydrogen-bond acceptors (Lipinski definition) is 2. The van der Waals surface area contributed by atoms with Gasteiger partial charge in [0, 0.05) is 0 Å². The number of rotatable bonds is 0. The molecule has 2 nitrogen and oxygen atoms in total. The van der Waals surface area contributed by atoms with Crippen LogP contribution in [-0.4, -0.2) is 10.2 Å². The molecule has 0 atom stereocenters. The highest BCUT2D eigenvalue weighted by Gasteiger charge is 1.97. The molecule has 0 aliphatic carbocycles. The first-order valence-corrected chi connectivity index (χ1v) is 3.19. The molecule has 0 saturated carbocycles. The van der Waals surface area contributed by atoms with E-state index in [9.17, 15) is 0 Å². The maximum absolute atomic E-state index is 9.15. The lowest BCUT2D eigenvalue weighted by Gasteiger charge is -1.96. The zero-order valence-corrected chi connectivity index (χ0v) is 6.13. The van der Waals surface area contributed by atoms with E-state index >= 15 is 0 Å². The highest BCUT2D eigenvalue weighted by Crippen LogP contribution is 2.20. The van der Waals surface area contributed by atoms with Gasteiger partial charge in [0.2, 0.25) is 0 Å². The Morgan fingerprint density at radius 1 is 1.27 bits per heavy atom. The number of phenolic OH excluding ortho intramolecular Hbond substituents is 2. The van der Waals surface area contributed by atoms with Crippen molar-refractivity contribution < 1.29 is 10.2 Å². The van der Waals surface area contributed by atoms with Gasteiger partial charge in [0.25, 0.3) is 0 Å². The first-order chi connectivity index (χ1) is 5.24. The van der Waals surface area contributed by atoms with Gasteiger partial charge in [0.15, 0.2) is 0 Å². The number of benzene rings is 1. The van der Waals surface area contributed by atoms with Gasteiger partial charge in [-0.15, -0.1) is 5.92 Å². The van der Waals surface area contributed by atoms with Crippen LogP contribution in [0.1, 0.15) is 12.5 Å². The second kappa shape index (κ2) is 2.98. The smallest absolute Gasteiger partial charge is 0.131 e. The van der Waals surface area contributed by atoms with Crippen LogP contribution in [0.5, 0.6) is 11.5 Å². The molecular formula is C9H8O2. The summed E-state index contributed by atoms with van der Waals surface area (Å²) < 4.78 is 0. The van der Waals surface area contributed by atoms with Gasteiger partial charge in [0.1, 0.15) is 11.5 Å². The summed E-state index contributed by atoms with van der Waals surface area (Å²) in [6.45, 7) is 1.67. The van der Waals surface area contributed by atoms with E-state index in [2.05, 4.69) is 11.8 Å². The molecule has 0 fully saturated rings. The lowest BCUT2D eigenvalue weighted by molar-refractivity contribution is 0.459. The van der Waals surface area contributed by atoms with E-state index in [-0.39, 0.29) is 11.5 Å². The third kappa shape index (κ3) is 1.65. The summed E-state index contributed by atoms with van der Waals surface area (Å²) in [5.74, 6) is 5.49. The molecule has 0 heterocycles. The minimum Gasteiger partial charge on any atom is -0.508 e. The molecule has 0 bridgehead atoms.